The highest BCUT2D eigenvalue weighted by Gasteiger charge is 2.36. The zero-order valence-electron chi connectivity index (χ0n) is 15.7. The quantitative estimate of drug-likeness (QED) is 0.638. The van der Waals surface area contributed by atoms with E-state index in [1.54, 1.807) is 24.2 Å². The number of nitrogens with one attached hydrogen (secondary N) is 1. The number of amides is 1. The van der Waals surface area contributed by atoms with Gasteiger partial charge in [0.15, 0.2) is 0 Å². The lowest BCUT2D eigenvalue weighted by molar-refractivity contribution is -0.140. The number of halogens is 3. The van der Waals surface area contributed by atoms with E-state index in [-0.39, 0.29) is 17.7 Å². The number of carbonyl (C=O) groups is 1. The molecule has 0 unspecified atom stereocenters. The van der Waals surface area contributed by atoms with Crippen LogP contribution >= 0.6 is 0 Å². The lowest BCUT2D eigenvalue weighted by atomic mass is 10.0. The van der Waals surface area contributed by atoms with Crippen LogP contribution in [0.2, 0.25) is 0 Å². The standard InChI is InChI=1S/C21H17F3N2O4/c1-29-15-4-2-3-12(9-15)11-30-14-7-5-13(6-8-14)16-10-17(19(25)27)20(28)26-18(16)21(22,23)24/h2-10H,11H2,1H3,(H2,25,27)(H,26,28). The second-order valence-corrected chi connectivity index (χ2v) is 6.33. The molecule has 3 rings (SSSR count). The van der Waals surface area contributed by atoms with Gasteiger partial charge >= 0.3 is 6.18 Å². The predicted molar refractivity (Wildman–Crippen MR) is 103 cm³/mol. The van der Waals surface area contributed by atoms with Gasteiger partial charge in [-0.15, -0.1) is 0 Å². The molecule has 156 valence electrons. The van der Waals surface area contributed by atoms with Crippen LogP contribution in [0.5, 0.6) is 11.5 Å². The molecule has 6 nitrogen and oxygen atoms in total. The van der Waals surface area contributed by atoms with Gasteiger partial charge in [-0.05, 0) is 41.5 Å². The monoisotopic (exact) mass is 418 g/mol. The Labute approximate surface area is 169 Å². The smallest absolute Gasteiger partial charge is 0.431 e. The molecular weight excluding hydrogens is 401 g/mol. The molecule has 1 amide bonds. The number of hydrogen-bond donors (Lipinski definition) is 2. The third-order valence-corrected chi connectivity index (χ3v) is 4.30. The summed E-state index contributed by atoms with van der Waals surface area (Å²) in [6.45, 7) is 0.231. The van der Waals surface area contributed by atoms with Crippen molar-refractivity contribution in [2.75, 3.05) is 7.11 Å². The number of aromatic nitrogens is 1. The number of benzene rings is 2. The van der Waals surface area contributed by atoms with Crippen LogP contribution in [0.15, 0.2) is 59.4 Å². The van der Waals surface area contributed by atoms with Gasteiger partial charge in [-0.1, -0.05) is 24.3 Å². The lowest BCUT2D eigenvalue weighted by Gasteiger charge is -2.14. The maximum absolute atomic E-state index is 13.4. The number of nitrogens with two attached hydrogens (primary N) is 1. The Kier molecular flexibility index (Phi) is 5.81. The normalized spacial score (nSPS) is 11.2. The fraction of sp³-hybridized carbons (Fsp3) is 0.143. The van der Waals surface area contributed by atoms with Crippen LogP contribution in [0.3, 0.4) is 0 Å². The van der Waals surface area contributed by atoms with Gasteiger partial charge in [0.05, 0.1) is 7.11 Å². The van der Waals surface area contributed by atoms with Gasteiger partial charge in [0.2, 0.25) is 0 Å². The second kappa shape index (κ2) is 8.32. The number of aromatic amines is 1. The Hall–Kier alpha value is -3.75. The highest BCUT2D eigenvalue weighted by molar-refractivity contribution is 5.94. The zero-order chi connectivity index (χ0) is 21.9. The summed E-state index contributed by atoms with van der Waals surface area (Å²) in [6.07, 6.45) is -4.83. The molecular formula is C21H17F3N2O4. The minimum atomic E-state index is -4.83. The van der Waals surface area contributed by atoms with E-state index in [1.807, 2.05) is 12.1 Å². The molecule has 0 saturated carbocycles. The summed E-state index contributed by atoms with van der Waals surface area (Å²) in [5.74, 6) is -0.0198. The Morgan fingerprint density at radius 1 is 1.07 bits per heavy atom. The third kappa shape index (κ3) is 4.62. The molecule has 0 spiro atoms. The molecule has 0 fully saturated rings. The highest BCUT2D eigenvalue weighted by Crippen LogP contribution is 2.35. The molecule has 0 bridgehead atoms. The number of H-pyrrole nitrogens is 1. The fourth-order valence-corrected chi connectivity index (χ4v) is 2.82. The largest absolute Gasteiger partial charge is 0.497 e. The first kappa shape index (κ1) is 21.0. The SMILES string of the molecule is COc1cccc(COc2ccc(-c3cc(C(N)=O)c(=O)[nH]c3C(F)(F)F)cc2)c1. The van der Waals surface area contributed by atoms with Crippen LogP contribution in [0.25, 0.3) is 11.1 Å². The van der Waals surface area contributed by atoms with Crippen molar-refractivity contribution >= 4 is 5.91 Å². The van der Waals surface area contributed by atoms with E-state index in [0.717, 1.165) is 11.6 Å². The highest BCUT2D eigenvalue weighted by atomic mass is 19.4. The van der Waals surface area contributed by atoms with Gasteiger partial charge in [-0.25, -0.2) is 0 Å². The van der Waals surface area contributed by atoms with Crippen LogP contribution < -0.4 is 20.8 Å². The van der Waals surface area contributed by atoms with Crippen LogP contribution in [-0.2, 0) is 12.8 Å². The van der Waals surface area contributed by atoms with Gasteiger partial charge in [-0.2, -0.15) is 13.2 Å². The number of rotatable bonds is 6. The summed E-state index contributed by atoms with van der Waals surface area (Å²) in [6, 6.07) is 13.9. The second-order valence-electron chi connectivity index (χ2n) is 6.33. The molecule has 3 N–H and O–H groups in total. The first-order valence-electron chi connectivity index (χ1n) is 8.69. The maximum atomic E-state index is 13.4. The first-order chi connectivity index (χ1) is 14.2. The van der Waals surface area contributed by atoms with E-state index in [2.05, 4.69) is 0 Å². The van der Waals surface area contributed by atoms with Gasteiger partial charge < -0.3 is 20.2 Å². The Morgan fingerprint density at radius 2 is 1.77 bits per heavy atom. The number of ether oxygens (including phenoxy) is 2. The van der Waals surface area contributed by atoms with E-state index < -0.39 is 28.9 Å². The fourth-order valence-electron chi connectivity index (χ4n) is 2.82. The number of primary amides is 1. The van der Waals surface area contributed by atoms with Crippen molar-refractivity contribution in [3.63, 3.8) is 0 Å². The molecule has 9 heteroatoms. The molecule has 0 aliphatic carbocycles. The van der Waals surface area contributed by atoms with Gasteiger partial charge in [0.25, 0.3) is 11.5 Å². The molecule has 1 heterocycles. The summed E-state index contributed by atoms with van der Waals surface area (Å²) in [5, 5.41) is 0. The number of pyridine rings is 1. The van der Waals surface area contributed by atoms with E-state index in [0.29, 0.717) is 11.5 Å². The molecule has 1 aromatic heterocycles. The number of alkyl halides is 3. The van der Waals surface area contributed by atoms with Gasteiger partial charge in [-0.3, -0.25) is 9.59 Å². The number of carbonyl (C=O) groups excluding carboxylic acids is 1. The number of methoxy groups -OCH3 is 1. The minimum Gasteiger partial charge on any atom is -0.497 e. The van der Waals surface area contributed by atoms with Crippen molar-refractivity contribution in [3.05, 3.63) is 81.8 Å². The molecule has 3 aromatic rings. The Balaban J connectivity index is 1.89. The van der Waals surface area contributed by atoms with Crippen LogP contribution in [0, 0.1) is 0 Å². The van der Waals surface area contributed by atoms with E-state index >= 15 is 0 Å². The van der Waals surface area contributed by atoms with Crippen molar-refractivity contribution in [2.45, 2.75) is 12.8 Å². The van der Waals surface area contributed by atoms with E-state index in [4.69, 9.17) is 15.2 Å². The summed E-state index contributed by atoms with van der Waals surface area (Å²) in [5.41, 5.74) is 2.69. The molecule has 30 heavy (non-hydrogen) atoms. The molecule has 0 aliphatic heterocycles. The van der Waals surface area contributed by atoms with Gasteiger partial charge in [0, 0.05) is 5.56 Å². The minimum absolute atomic E-state index is 0.134. The molecule has 0 saturated heterocycles. The van der Waals surface area contributed by atoms with Crippen molar-refractivity contribution in [1.29, 1.82) is 0 Å². The topological polar surface area (TPSA) is 94.4 Å². The molecule has 0 aliphatic rings. The number of hydrogen-bond acceptors (Lipinski definition) is 4. The summed E-state index contributed by atoms with van der Waals surface area (Å²) in [7, 11) is 1.55. The average molecular weight is 418 g/mol. The Morgan fingerprint density at radius 3 is 2.37 bits per heavy atom. The summed E-state index contributed by atoms with van der Waals surface area (Å²) >= 11 is 0. The van der Waals surface area contributed by atoms with Crippen molar-refractivity contribution in [2.24, 2.45) is 5.73 Å². The van der Waals surface area contributed by atoms with Gasteiger partial charge in [0.1, 0.15) is 29.4 Å². The zero-order valence-corrected chi connectivity index (χ0v) is 15.7. The Bertz CT molecular complexity index is 1120. The maximum Gasteiger partial charge on any atom is 0.431 e. The van der Waals surface area contributed by atoms with E-state index in [1.165, 1.54) is 24.3 Å². The van der Waals surface area contributed by atoms with Crippen LogP contribution in [0.1, 0.15) is 21.6 Å². The van der Waals surface area contributed by atoms with E-state index in [9.17, 15) is 22.8 Å². The predicted octanol–water partition coefficient (Wildman–Crippen LogP) is 3.75. The molecule has 0 atom stereocenters. The van der Waals surface area contributed by atoms with Crippen molar-refractivity contribution in [1.82, 2.24) is 4.98 Å². The van der Waals surface area contributed by atoms with Crippen molar-refractivity contribution < 1.29 is 27.4 Å². The van der Waals surface area contributed by atoms with Crippen LogP contribution in [0.4, 0.5) is 13.2 Å². The molecule has 0 radical (unpaired) electrons. The summed E-state index contributed by atoms with van der Waals surface area (Å²) < 4.78 is 50.9. The van der Waals surface area contributed by atoms with Crippen LogP contribution in [-0.4, -0.2) is 18.0 Å². The first-order valence-corrected chi connectivity index (χ1v) is 8.69. The van der Waals surface area contributed by atoms with Crippen molar-refractivity contribution in [3.8, 4) is 22.6 Å². The third-order valence-electron chi connectivity index (χ3n) is 4.30. The summed E-state index contributed by atoms with van der Waals surface area (Å²) in [4.78, 5) is 24.8. The average Bonchev–Trinajstić information content (AvgIpc) is 2.72. The lowest BCUT2D eigenvalue weighted by Crippen LogP contribution is -2.27. The molecule has 2 aromatic carbocycles.